The molecule has 0 amide bonds. The molecule has 2 rings (SSSR count). The van der Waals surface area contributed by atoms with E-state index in [0.29, 0.717) is 36.8 Å². The Morgan fingerprint density at radius 3 is 2.20 bits per heavy atom. The summed E-state index contributed by atoms with van der Waals surface area (Å²) in [4.78, 5) is 0. The fraction of sp³-hybridized carbons (Fsp3) is 0.300. The third-order valence-electron chi connectivity index (χ3n) is 3.92. The quantitative estimate of drug-likeness (QED) is 0.384. The van der Waals surface area contributed by atoms with Crippen LogP contribution in [0.2, 0.25) is 0 Å². The summed E-state index contributed by atoms with van der Waals surface area (Å²) in [6.07, 6.45) is 1.70. The summed E-state index contributed by atoms with van der Waals surface area (Å²) in [5.41, 5.74) is 1.14. The molecule has 0 atom stereocenters. The molecule has 0 bridgehead atoms. The van der Waals surface area contributed by atoms with E-state index >= 15 is 0 Å². The second-order valence-electron chi connectivity index (χ2n) is 5.85. The zero-order chi connectivity index (χ0) is 18.4. The molecule has 0 saturated carbocycles. The molecule has 0 radical (unpaired) electrons. The molecule has 0 saturated heterocycles. The van der Waals surface area contributed by atoms with Crippen molar-refractivity contribution in [2.24, 2.45) is 0 Å². The fourth-order valence-corrected chi connectivity index (χ4v) is 2.66. The minimum atomic E-state index is -1.49. The molecule has 0 aromatic heterocycles. The number of halogens is 5. The van der Waals surface area contributed by atoms with Crippen molar-refractivity contribution in [2.75, 3.05) is 0 Å². The van der Waals surface area contributed by atoms with Crippen LogP contribution >= 0.6 is 0 Å². The maximum Gasteiger partial charge on any atom is 0.194 e. The van der Waals surface area contributed by atoms with Gasteiger partial charge in [-0.25, -0.2) is 22.0 Å². The van der Waals surface area contributed by atoms with Gasteiger partial charge >= 0.3 is 0 Å². The lowest BCUT2D eigenvalue weighted by Crippen LogP contribution is -1.98. The maximum absolute atomic E-state index is 14.2. The smallest absolute Gasteiger partial charge is 0.194 e. The maximum atomic E-state index is 14.2. The molecule has 0 unspecified atom stereocenters. The molecule has 0 aliphatic rings. The highest BCUT2D eigenvalue weighted by atomic mass is 19.2. The highest BCUT2D eigenvalue weighted by Gasteiger charge is 2.13. The van der Waals surface area contributed by atoms with Gasteiger partial charge in [-0.1, -0.05) is 31.2 Å². The molecule has 0 spiro atoms. The van der Waals surface area contributed by atoms with Crippen LogP contribution in [0.3, 0.4) is 0 Å². The fourth-order valence-electron chi connectivity index (χ4n) is 2.66. The largest absolute Gasteiger partial charge is 0.209 e. The molecule has 5 heteroatoms. The summed E-state index contributed by atoms with van der Waals surface area (Å²) in [6, 6.07) is 8.46. The average Bonchev–Trinajstić information content (AvgIpc) is 2.59. The minimum Gasteiger partial charge on any atom is -0.209 e. The molecule has 2 aromatic carbocycles. The highest BCUT2D eigenvalue weighted by Crippen LogP contribution is 2.28. The molecular formula is C20H19F5. The summed E-state index contributed by atoms with van der Waals surface area (Å²) in [6.45, 7) is 1.76. The SMILES string of the molecule is CCC/C(F)=C(\F)c1ccccc1CCCc1cc(F)c(F)c(F)c1. The third kappa shape index (κ3) is 4.91. The lowest BCUT2D eigenvalue weighted by atomic mass is 9.98. The van der Waals surface area contributed by atoms with Crippen molar-refractivity contribution in [3.05, 3.63) is 76.4 Å². The predicted octanol–water partition coefficient (Wildman–Crippen LogP) is 6.69. The lowest BCUT2D eigenvalue weighted by molar-refractivity contribution is 0.445. The Labute approximate surface area is 144 Å². The van der Waals surface area contributed by atoms with E-state index in [2.05, 4.69) is 0 Å². The first-order valence-corrected chi connectivity index (χ1v) is 8.19. The Kier molecular flexibility index (Phi) is 6.73. The summed E-state index contributed by atoms with van der Waals surface area (Å²) < 4.78 is 67.4. The van der Waals surface area contributed by atoms with Crippen molar-refractivity contribution in [1.82, 2.24) is 0 Å². The van der Waals surface area contributed by atoms with Gasteiger partial charge in [-0.2, -0.15) is 0 Å². The second kappa shape index (κ2) is 8.79. The van der Waals surface area contributed by atoms with Crippen LogP contribution in [0.25, 0.3) is 5.83 Å². The number of allylic oxidation sites excluding steroid dienone is 1. The van der Waals surface area contributed by atoms with E-state index in [0.717, 1.165) is 12.1 Å². The topological polar surface area (TPSA) is 0 Å². The molecule has 2 aromatic rings. The molecule has 25 heavy (non-hydrogen) atoms. The average molecular weight is 354 g/mol. The van der Waals surface area contributed by atoms with Gasteiger partial charge in [0.2, 0.25) is 0 Å². The van der Waals surface area contributed by atoms with E-state index in [1.807, 2.05) is 0 Å². The first kappa shape index (κ1) is 19.2. The van der Waals surface area contributed by atoms with Crippen LogP contribution in [0.15, 0.2) is 42.2 Å². The molecule has 0 aliphatic carbocycles. The van der Waals surface area contributed by atoms with Gasteiger partial charge in [0.25, 0.3) is 0 Å². The van der Waals surface area contributed by atoms with E-state index in [-0.39, 0.29) is 12.0 Å². The molecule has 0 N–H and O–H groups in total. The standard InChI is InChI=1S/C20H19F5/c1-2-6-16(21)19(24)15-10-4-3-8-14(15)9-5-7-13-11-17(22)20(25)18(23)12-13/h3-4,8,10-12H,2,5-7,9H2,1H3/b19-16+. The zero-order valence-electron chi connectivity index (χ0n) is 13.9. The molecule has 0 heterocycles. The predicted molar refractivity (Wildman–Crippen MR) is 88.8 cm³/mol. The normalized spacial score (nSPS) is 12.2. The van der Waals surface area contributed by atoms with E-state index in [4.69, 9.17) is 0 Å². The van der Waals surface area contributed by atoms with E-state index in [9.17, 15) is 22.0 Å². The molecule has 134 valence electrons. The first-order chi connectivity index (χ1) is 11.9. The Hall–Kier alpha value is -2.17. The van der Waals surface area contributed by atoms with E-state index in [1.165, 1.54) is 6.07 Å². The summed E-state index contributed by atoms with van der Waals surface area (Å²) in [5.74, 6) is -5.60. The molecule has 0 fully saturated rings. The van der Waals surface area contributed by atoms with E-state index < -0.39 is 29.1 Å². The van der Waals surface area contributed by atoms with Gasteiger partial charge in [0.1, 0.15) is 5.83 Å². The van der Waals surface area contributed by atoms with Gasteiger partial charge in [0.15, 0.2) is 23.3 Å². The monoisotopic (exact) mass is 354 g/mol. The van der Waals surface area contributed by atoms with E-state index in [1.54, 1.807) is 25.1 Å². The van der Waals surface area contributed by atoms with Crippen LogP contribution in [-0.4, -0.2) is 0 Å². The first-order valence-electron chi connectivity index (χ1n) is 8.19. The number of rotatable bonds is 7. The molecule has 0 aliphatic heterocycles. The highest BCUT2D eigenvalue weighted by molar-refractivity contribution is 5.64. The summed E-state index contributed by atoms with van der Waals surface area (Å²) in [7, 11) is 0. The van der Waals surface area contributed by atoms with Gasteiger partial charge in [0, 0.05) is 12.0 Å². The van der Waals surface area contributed by atoms with Crippen molar-refractivity contribution in [3.63, 3.8) is 0 Å². The number of hydrogen-bond donors (Lipinski definition) is 0. The third-order valence-corrected chi connectivity index (χ3v) is 3.92. The van der Waals surface area contributed by atoms with Gasteiger partial charge in [-0.05, 0) is 48.9 Å². The van der Waals surface area contributed by atoms with Crippen LogP contribution in [-0.2, 0) is 12.8 Å². The van der Waals surface area contributed by atoms with Crippen LogP contribution < -0.4 is 0 Å². The lowest BCUT2D eigenvalue weighted by Gasteiger charge is -2.09. The Balaban J connectivity index is 2.11. The van der Waals surface area contributed by atoms with Crippen LogP contribution in [0.1, 0.15) is 42.9 Å². The Morgan fingerprint density at radius 1 is 0.920 bits per heavy atom. The Morgan fingerprint density at radius 2 is 1.56 bits per heavy atom. The van der Waals surface area contributed by atoms with Gasteiger partial charge in [-0.15, -0.1) is 0 Å². The second-order valence-corrected chi connectivity index (χ2v) is 5.85. The molecular weight excluding hydrogens is 335 g/mol. The van der Waals surface area contributed by atoms with Crippen molar-refractivity contribution in [1.29, 1.82) is 0 Å². The molecule has 0 nitrogen and oxygen atoms in total. The van der Waals surface area contributed by atoms with Gasteiger partial charge in [-0.3, -0.25) is 0 Å². The van der Waals surface area contributed by atoms with Crippen LogP contribution in [0, 0.1) is 17.5 Å². The van der Waals surface area contributed by atoms with Crippen molar-refractivity contribution < 1.29 is 22.0 Å². The summed E-state index contributed by atoms with van der Waals surface area (Å²) in [5, 5.41) is 0. The number of aryl methyl sites for hydroxylation is 2. The van der Waals surface area contributed by atoms with Crippen LogP contribution in [0.4, 0.5) is 22.0 Å². The number of benzene rings is 2. The van der Waals surface area contributed by atoms with Gasteiger partial charge < -0.3 is 0 Å². The number of hydrogen-bond acceptors (Lipinski definition) is 0. The Bertz CT molecular complexity index is 741. The van der Waals surface area contributed by atoms with Gasteiger partial charge in [0.05, 0.1) is 0 Å². The van der Waals surface area contributed by atoms with Crippen molar-refractivity contribution in [3.8, 4) is 0 Å². The minimum absolute atomic E-state index is 0.0360. The van der Waals surface area contributed by atoms with Crippen molar-refractivity contribution in [2.45, 2.75) is 39.0 Å². The van der Waals surface area contributed by atoms with Crippen LogP contribution in [0.5, 0.6) is 0 Å². The van der Waals surface area contributed by atoms with Crippen molar-refractivity contribution >= 4 is 5.83 Å². The zero-order valence-corrected chi connectivity index (χ0v) is 13.9. The summed E-state index contributed by atoms with van der Waals surface area (Å²) >= 11 is 0.